The minimum absolute atomic E-state index is 0.0656. The zero-order valence-electron chi connectivity index (χ0n) is 13.1. The molecule has 0 fully saturated rings. The fourth-order valence-electron chi connectivity index (χ4n) is 2.88. The molecule has 0 amide bonds. The van der Waals surface area contributed by atoms with Gasteiger partial charge in [-0.1, -0.05) is 46.3 Å². The van der Waals surface area contributed by atoms with Crippen molar-refractivity contribution in [2.24, 2.45) is 0 Å². The van der Waals surface area contributed by atoms with Crippen molar-refractivity contribution in [3.05, 3.63) is 70.3 Å². The second kappa shape index (κ2) is 7.01. The summed E-state index contributed by atoms with van der Waals surface area (Å²) in [6, 6.07) is 15.7. The van der Waals surface area contributed by atoms with E-state index in [0.717, 1.165) is 26.5 Å². The molecule has 0 bridgehead atoms. The first kappa shape index (κ1) is 16.5. The van der Waals surface area contributed by atoms with Crippen molar-refractivity contribution in [3.63, 3.8) is 0 Å². The third kappa shape index (κ3) is 3.26. The number of carbonyl (C=O) groups is 2. The van der Waals surface area contributed by atoms with Crippen LogP contribution in [0.1, 0.15) is 23.5 Å². The summed E-state index contributed by atoms with van der Waals surface area (Å²) in [4.78, 5) is 27.0. The van der Waals surface area contributed by atoms with Crippen LogP contribution in [0.4, 0.5) is 0 Å². The molecule has 1 aromatic heterocycles. The van der Waals surface area contributed by atoms with E-state index in [1.807, 2.05) is 54.7 Å². The first-order valence-corrected chi connectivity index (χ1v) is 8.32. The Balaban J connectivity index is 2.08. The maximum absolute atomic E-state index is 12.2. The Morgan fingerprint density at radius 2 is 1.92 bits per heavy atom. The molecule has 4 nitrogen and oxygen atoms in total. The van der Waals surface area contributed by atoms with E-state index in [2.05, 4.69) is 25.7 Å². The molecule has 24 heavy (non-hydrogen) atoms. The van der Waals surface area contributed by atoms with Gasteiger partial charge >= 0.3 is 5.97 Å². The van der Waals surface area contributed by atoms with E-state index in [1.54, 1.807) is 0 Å². The molecule has 0 aliphatic heterocycles. The van der Waals surface area contributed by atoms with Crippen LogP contribution >= 0.6 is 15.9 Å². The highest BCUT2D eigenvalue weighted by atomic mass is 79.9. The number of benzene rings is 2. The van der Waals surface area contributed by atoms with E-state index in [9.17, 15) is 9.59 Å². The number of ether oxygens (including phenoxy) is 1. The molecule has 0 aliphatic rings. The number of esters is 1. The molecule has 0 saturated heterocycles. The van der Waals surface area contributed by atoms with Gasteiger partial charge in [-0.25, -0.2) is 4.79 Å². The van der Waals surface area contributed by atoms with Gasteiger partial charge < -0.3 is 9.72 Å². The van der Waals surface area contributed by atoms with Crippen LogP contribution in [0, 0.1) is 0 Å². The molecule has 3 rings (SSSR count). The molecule has 0 spiro atoms. The number of ketones is 1. The summed E-state index contributed by atoms with van der Waals surface area (Å²) >= 11 is 3.49. The van der Waals surface area contributed by atoms with Crippen molar-refractivity contribution in [1.82, 2.24) is 4.98 Å². The van der Waals surface area contributed by atoms with E-state index in [4.69, 9.17) is 0 Å². The SMILES string of the molecule is COC(=O)C(=O)C[C@@H](c1ccccc1)c1c[nH]c2ccc(Br)cc12. The molecule has 122 valence electrons. The van der Waals surface area contributed by atoms with Gasteiger partial charge in [0.05, 0.1) is 7.11 Å². The zero-order chi connectivity index (χ0) is 17.1. The lowest BCUT2D eigenvalue weighted by molar-refractivity contribution is -0.151. The first-order valence-electron chi connectivity index (χ1n) is 7.52. The summed E-state index contributed by atoms with van der Waals surface area (Å²) in [5.74, 6) is -1.56. The summed E-state index contributed by atoms with van der Waals surface area (Å²) in [6.07, 6.45) is 1.97. The highest BCUT2D eigenvalue weighted by molar-refractivity contribution is 9.10. The Bertz CT molecular complexity index is 886. The molecule has 1 atom stereocenters. The van der Waals surface area contributed by atoms with Crippen LogP contribution in [0.5, 0.6) is 0 Å². The number of H-pyrrole nitrogens is 1. The van der Waals surface area contributed by atoms with Crippen LogP contribution in [-0.2, 0) is 14.3 Å². The fourth-order valence-corrected chi connectivity index (χ4v) is 3.24. The van der Waals surface area contributed by atoms with Crippen LogP contribution in [0.15, 0.2) is 59.2 Å². The average molecular weight is 386 g/mol. The van der Waals surface area contributed by atoms with Crippen molar-refractivity contribution in [1.29, 1.82) is 0 Å². The van der Waals surface area contributed by atoms with Crippen LogP contribution in [0.25, 0.3) is 10.9 Å². The van der Waals surface area contributed by atoms with Gasteiger partial charge in [0.2, 0.25) is 5.78 Å². The lowest BCUT2D eigenvalue weighted by Gasteiger charge is -2.16. The molecular weight excluding hydrogens is 370 g/mol. The summed E-state index contributed by atoms with van der Waals surface area (Å²) in [5.41, 5.74) is 2.95. The minimum Gasteiger partial charge on any atom is -0.463 e. The Morgan fingerprint density at radius 1 is 1.17 bits per heavy atom. The maximum atomic E-state index is 12.2. The molecule has 2 aromatic carbocycles. The van der Waals surface area contributed by atoms with Crippen molar-refractivity contribution < 1.29 is 14.3 Å². The lowest BCUT2D eigenvalue weighted by Crippen LogP contribution is -2.19. The van der Waals surface area contributed by atoms with Gasteiger partial charge in [0.1, 0.15) is 0 Å². The Morgan fingerprint density at radius 3 is 2.62 bits per heavy atom. The number of aromatic amines is 1. The van der Waals surface area contributed by atoms with E-state index in [-0.39, 0.29) is 12.3 Å². The predicted molar refractivity (Wildman–Crippen MR) is 95.9 cm³/mol. The van der Waals surface area contributed by atoms with E-state index in [0.29, 0.717) is 0 Å². The highest BCUT2D eigenvalue weighted by Crippen LogP contribution is 2.34. The minimum atomic E-state index is -0.808. The number of rotatable bonds is 5. The number of methoxy groups -OCH3 is 1. The third-order valence-corrected chi connectivity index (χ3v) is 4.55. The van der Waals surface area contributed by atoms with Gasteiger partial charge in [0, 0.05) is 33.9 Å². The van der Waals surface area contributed by atoms with Crippen molar-refractivity contribution in [2.75, 3.05) is 7.11 Å². The Labute approximate surface area is 148 Å². The van der Waals surface area contributed by atoms with Gasteiger partial charge in [0.25, 0.3) is 0 Å². The van der Waals surface area contributed by atoms with Crippen LogP contribution in [0.3, 0.4) is 0 Å². The summed E-state index contributed by atoms with van der Waals surface area (Å²) in [6.45, 7) is 0. The number of hydrogen-bond acceptors (Lipinski definition) is 3. The van der Waals surface area contributed by atoms with Gasteiger partial charge in [-0.3, -0.25) is 4.79 Å². The van der Waals surface area contributed by atoms with Crippen LogP contribution in [0.2, 0.25) is 0 Å². The van der Waals surface area contributed by atoms with E-state index >= 15 is 0 Å². The number of hydrogen-bond donors (Lipinski definition) is 1. The van der Waals surface area contributed by atoms with Gasteiger partial charge in [-0.05, 0) is 29.3 Å². The normalized spacial score (nSPS) is 12.1. The smallest absolute Gasteiger partial charge is 0.374 e. The monoisotopic (exact) mass is 385 g/mol. The molecule has 0 radical (unpaired) electrons. The molecule has 1 N–H and O–H groups in total. The molecule has 1 heterocycles. The second-order valence-corrected chi connectivity index (χ2v) is 6.43. The number of carbonyl (C=O) groups excluding carboxylic acids is 2. The number of Topliss-reactive ketones (excluding diaryl/α,β-unsaturated/α-hetero) is 1. The molecular formula is C19H16BrNO3. The lowest BCUT2D eigenvalue weighted by atomic mass is 9.87. The van der Waals surface area contributed by atoms with Gasteiger partial charge in [0.15, 0.2) is 0 Å². The Kier molecular flexibility index (Phi) is 4.81. The molecule has 0 aliphatic carbocycles. The van der Waals surface area contributed by atoms with E-state index < -0.39 is 11.8 Å². The molecule has 3 aromatic rings. The quantitative estimate of drug-likeness (QED) is 0.528. The first-order chi connectivity index (χ1) is 11.6. The summed E-state index contributed by atoms with van der Waals surface area (Å²) in [5, 5.41) is 1.02. The number of fused-ring (bicyclic) bond motifs is 1. The Hall–Kier alpha value is -2.40. The van der Waals surface area contributed by atoms with Gasteiger partial charge in [-0.2, -0.15) is 0 Å². The van der Waals surface area contributed by atoms with Crippen molar-refractivity contribution >= 4 is 38.6 Å². The van der Waals surface area contributed by atoms with Crippen LogP contribution in [-0.4, -0.2) is 23.8 Å². The largest absolute Gasteiger partial charge is 0.463 e. The highest BCUT2D eigenvalue weighted by Gasteiger charge is 2.25. The second-order valence-electron chi connectivity index (χ2n) is 5.52. The number of aromatic nitrogens is 1. The summed E-state index contributed by atoms with van der Waals surface area (Å²) in [7, 11) is 1.22. The standard InChI is InChI=1S/C19H16BrNO3/c1-24-19(23)18(22)10-14(12-5-3-2-4-6-12)16-11-21-17-8-7-13(20)9-15(16)17/h2-9,11,14,21H,10H2,1H3/t14-/m0/s1. The topological polar surface area (TPSA) is 59.2 Å². The third-order valence-electron chi connectivity index (χ3n) is 4.06. The number of nitrogens with one attached hydrogen (secondary N) is 1. The molecule has 0 saturated carbocycles. The van der Waals surface area contributed by atoms with Gasteiger partial charge in [-0.15, -0.1) is 0 Å². The zero-order valence-corrected chi connectivity index (χ0v) is 14.7. The van der Waals surface area contributed by atoms with Crippen LogP contribution < -0.4 is 0 Å². The molecule has 5 heteroatoms. The average Bonchev–Trinajstić information content (AvgIpc) is 3.02. The van der Waals surface area contributed by atoms with Crippen molar-refractivity contribution in [2.45, 2.75) is 12.3 Å². The van der Waals surface area contributed by atoms with E-state index in [1.165, 1.54) is 7.11 Å². The predicted octanol–water partition coefficient (Wildman–Crippen LogP) is 4.19. The fraction of sp³-hybridized carbons (Fsp3) is 0.158. The number of halogens is 1. The molecule has 0 unspecified atom stereocenters. The van der Waals surface area contributed by atoms with Crippen molar-refractivity contribution in [3.8, 4) is 0 Å². The summed E-state index contributed by atoms with van der Waals surface area (Å²) < 4.78 is 5.53. The maximum Gasteiger partial charge on any atom is 0.374 e.